The third-order valence-corrected chi connectivity index (χ3v) is 9.05. The molecule has 0 rings (SSSR count). The van der Waals surface area contributed by atoms with Crippen LogP contribution < -0.4 is 11.1 Å². The van der Waals surface area contributed by atoms with Crippen molar-refractivity contribution < 1.29 is 14.3 Å². The Hall–Kier alpha value is -1.20. The highest BCUT2D eigenvalue weighted by Gasteiger charge is 2.41. The molecule has 0 aliphatic rings. The van der Waals surface area contributed by atoms with Gasteiger partial charge in [0.1, 0.15) is 0 Å². The van der Waals surface area contributed by atoms with Crippen LogP contribution in [0.2, 0.25) is 0 Å². The minimum Gasteiger partial charge on any atom is -0.466 e. The molecule has 0 amide bonds. The van der Waals surface area contributed by atoms with Crippen molar-refractivity contribution in [3.05, 3.63) is 12.2 Å². The summed E-state index contributed by atoms with van der Waals surface area (Å²) in [5.41, 5.74) is 4.56. The SMILES string of the molecule is CCCCCCCC/C=C\CCCCCCCC(=O)C(N)(NCCCCCCCCCCCCCCCCCC)C(=O)OC. The molecule has 0 heterocycles. The Morgan fingerprint density at radius 1 is 0.545 bits per heavy atom. The fourth-order valence-electron chi connectivity index (χ4n) is 5.96. The van der Waals surface area contributed by atoms with Crippen LogP contribution >= 0.6 is 0 Å². The molecular weight excluding hydrogens is 544 g/mol. The predicted molar refractivity (Wildman–Crippen MR) is 191 cm³/mol. The van der Waals surface area contributed by atoms with E-state index in [4.69, 9.17) is 10.5 Å². The average Bonchev–Trinajstić information content (AvgIpc) is 3.03. The van der Waals surface area contributed by atoms with Gasteiger partial charge in [0.2, 0.25) is 5.66 Å². The number of allylic oxidation sites excluding steroid dienone is 2. The topological polar surface area (TPSA) is 81.4 Å². The second-order valence-electron chi connectivity index (χ2n) is 13.3. The number of carbonyl (C=O) groups excluding carboxylic acids is 2. The van der Waals surface area contributed by atoms with Gasteiger partial charge in [-0.25, -0.2) is 4.79 Å². The van der Waals surface area contributed by atoms with Gasteiger partial charge in [-0.05, 0) is 45.1 Å². The molecule has 0 aromatic heterocycles. The lowest BCUT2D eigenvalue weighted by molar-refractivity contribution is -0.153. The zero-order valence-electron chi connectivity index (χ0n) is 29.9. The molecule has 0 aliphatic carbocycles. The minimum absolute atomic E-state index is 0.251. The first-order chi connectivity index (χ1) is 21.5. The molecule has 0 aromatic carbocycles. The normalized spacial score (nSPS) is 13.0. The molecule has 260 valence electrons. The number of methoxy groups -OCH3 is 1. The highest BCUT2D eigenvalue weighted by Crippen LogP contribution is 2.15. The third-order valence-electron chi connectivity index (χ3n) is 9.05. The lowest BCUT2D eigenvalue weighted by Gasteiger charge is -2.26. The number of unbranched alkanes of at least 4 members (excludes halogenated alkanes) is 26. The standard InChI is InChI=1S/C39H76N2O3/c1-4-6-8-10-12-14-16-18-20-22-24-26-28-30-32-34-36-41-39(40,38(43)44-3)37(42)35-33-31-29-27-25-23-21-19-17-15-13-11-9-7-5-2/h19,21,41H,4-18,20,22-36,40H2,1-3H3/b21-19-. The number of ether oxygens (including phenoxy) is 1. The van der Waals surface area contributed by atoms with Crippen LogP contribution in [-0.4, -0.2) is 31.1 Å². The van der Waals surface area contributed by atoms with Crippen molar-refractivity contribution in [1.29, 1.82) is 0 Å². The first-order valence-corrected chi connectivity index (χ1v) is 19.3. The van der Waals surface area contributed by atoms with Crippen LogP contribution in [-0.2, 0) is 14.3 Å². The fraction of sp³-hybridized carbons (Fsp3) is 0.897. The predicted octanol–water partition coefficient (Wildman–Crippen LogP) is 11.3. The number of carbonyl (C=O) groups is 2. The first-order valence-electron chi connectivity index (χ1n) is 19.3. The van der Waals surface area contributed by atoms with E-state index >= 15 is 0 Å². The zero-order valence-corrected chi connectivity index (χ0v) is 29.9. The van der Waals surface area contributed by atoms with Gasteiger partial charge < -0.3 is 4.74 Å². The number of ketones is 1. The van der Waals surface area contributed by atoms with Crippen molar-refractivity contribution >= 4 is 11.8 Å². The summed E-state index contributed by atoms with van der Waals surface area (Å²) in [6.07, 6.45) is 41.8. The monoisotopic (exact) mass is 621 g/mol. The molecule has 1 atom stereocenters. The van der Waals surface area contributed by atoms with E-state index in [-0.39, 0.29) is 5.78 Å². The summed E-state index contributed by atoms with van der Waals surface area (Å²) in [4.78, 5) is 25.3. The van der Waals surface area contributed by atoms with Gasteiger partial charge in [-0.3, -0.25) is 15.8 Å². The van der Waals surface area contributed by atoms with Crippen LogP contribution in [0.4, 0.5) is 0 Å². The largest absolute Gasteiger partial charge is 0.466 e. The average molecular weight is 621 g/mol. The molecule has 5 nitrogen and oxygen atoms in total. The van der Waals surface area contributed by atoms with Crippen LogP contribution in [0, 0.1) is 0 Å². The Bertz CT molecular complexity index is 666. The molecule has 0 aliphatic heterocycles. The molecule has 0 bridgehead atoms. The molecule has 0 spiro atoms. The summed E-state index contributed by atoms with van der Waals surface area (Å²) in [6.45, 7) is 5.10. The van der Waals surface area contributed by atoms with E-state index < -0.39 is 11.6 Å². The second-order valence-corrected chi connectivity index (χ2v) is 13.3. The second kappa shape index (κ2) is 33.2. The molecular formula is C39H76N2O3. The van der Waals surface area contributed by atoms with E-state index in [1.807, 2.05) is 0 Å². The Labute approximate surface area is 274 Å². The minimum atomic E-state index is -1.72. The van der Waals surface area contributed by atoms with Crippen molar-refractivity contribution in [3.63, 3.8) is 0 Å². The Morgan fingerprint density at radius 2 is 0.886 bits per heavy atom. The lowest BCUT2D eigenvalue weighted by Crippen LogP contribution is -2.65. The van der Waals surface area contributed by atoms with Crippen molar-refractivity contribution in [1.82, 2.24) is 5.32 Å². The number of hydrogen-bond acceptors (Lipinski definition) is 5. The van der Waals surface area contributed by atoms with Crippen molar-refractivity contribution in [2.75, 3.05) is 13.7 Å². The molecule has 0 aromatic rings. The molecule has 0 saturated heterocycles. The first kappa shape index (κ1) is 42.8. The van der Waals surface area contributed by atoms with Crippen LogP contribution in [0.3, 0.4) is 0 Å². The van der Waals surface area contributed by atoms with Gasteiger partial charge in [-0.2, -0.15) is 0 Å². The Kier molecular flexibility index (Phi) is 32.3. The Balaban J connectivity index is 3.80. The van der Waals surface area contributed by atoms with E-state index in [9.17, 15) is 9.59 Å². The molecule has 0 radical (unpaired) electrons. The number of nitrogens with one attached hydrogen (secondary N) is 1. The van der Waals surface area contributed by atoms with Gasteiger partial charge in [-0.15, -0.1) is 0 Å². The lowest BCUT2D eigenvalue weighted by atomic mass is 9.98. The number of rotatable bonds is 35. The van der Waals surface area contributed by atoms with Gasteiger partial charge in [0, 0.05) is 6.42 Å². The molecule has 0 fully saturated rings. The molecule has 44 heavy (non-hydrogen) atoms. The zero-order chi connectivity index (χ0) is 32.4. The van der Waals surface area contributed by atoms with Crippen LogP contribution in [0.1, 0.15) is 206 Å². The fourth-order valence-corrected chi connectivity index (χ4v) is 5.96. The van der Waals surface area contributed by atoms with E-state index in [1.54, 1.807) is 0 Å². The van der Waals surface area contributed by atoms with Gasteiger partial charge in [0.25, 0.3) is 0 Å². The van der Waals surface area contributed by atoms with Crippen LogP contribution in [0.25, 0.3) is 0 Å². The summed E-state index contributed by atoms with van der Waals surface area (Å²) in [7, 11) is 1.30. The summed E-state index contributed by atoms with van der Waals surface area (Å²) in [5, 5.41) is 3.04. The van der Waals surface area contributed by atoms with E-state index in [1.165, 1.54) is 155 Å². The van der Waals surface area contributed by atoms with Gasteiger partial charge in [0.15, 0.2) is 5.78 Å². The molecule has 0 saturated carbocycles. The summed E-state index contributed by atoms with van der Waals surface area (Å²) in [6, 6.07) is 0. The van der Waals surface area contributed by atoms with E-state index in [0.29, 0.717) is 13.0 Å². The maximum Gasteiger partial charge on any atom is 0.348 e. The summed E-state index contributed by atoms with van der Waals surface area (Å²) < 4.78 is 4.90. The molecule has 1 unspecified atom stereocenters. The smallest absolute Gasteiger partial charge is 0.348 e. The maximum atomic E-state index is 12.9. The highest BCUT2D eigenvalue weighted by molar-refractivity contribution is 6.07. The quantitative estimate of drug-likeness (QED) is 0.0242. The number of esters is 1. The highest BCUT2D eigenvalue weighted by atomic mass is 16.5. The number of hydrogen-bond donors (Lipinski definition) is 2. The van der Waals surface area contributed by atoms with Gasteiger partial charge in [0.05, 0.1) is 7.11 Å². The van der Waals surface area contributed by atoms with Crippen molar-refractivity contribution in [2.24, 2.45) is 5.73 Å². The van der Waals surface area contributed by atoms with E-state index in [0.717, 1.165) is 38.5 Å². The maximum absolute atomic E-state index is 12.9. The van der Waals surface area contributed by atoms with Crippen LogP contribution in [0.15, 0.2) is 12.2 Å². The Morgan fingerprint density at radius 3 is 1.27 bits per heavy atom. The molecule has 5 heteroatoms. The van der Waals surface area contributed by atoms with Crippen LogP contribution in [0.5, 0.6) is 0 Å². The molecule has 3 N–H and O–H groups in total. The number of Topliss-reactive ketones (excluding diaryl/α,β-unsaturated/α-hetero) is 1. The van der Waals surface area contributed by atoms with Crippen molar-refractivity contribution in [2.45, 2.75) is 212 Å². The van der Waals surface area contributed by atoms with Gasteiger partial charge in [-0.1, -0.05) is 174 Å². The third kappa shape index (κ3) is 26.1. The van der Waals surface area contributed by atoms with Crippen molar-refractivity contribution in [3.8, 4) is 0 Å². The summed E-state index contributed by atoms with van der Waals surface area (Å²) >= 11 is 0. The summed E-state index contributed by atoms with van der Waals surface area (Å²) in [5.74, 6) is -0.926. The number of nitrogens with two attached hydrogens (primary N) is 1. The van der Waals surface area contributed by atoms with Gasteiger partial charge >= 0.3 is 5.97 Å². The van der Waals surface area contributed by atoms with E-state index in [2.05, 4.69) is 31.3 Å².